The fraction of sp³-hybridized carbons (Fsp3) is 0.0556. The highest BCUT2D eigenvalue weighted by atomic mass is 32.2. The second-order valence-corrected chi connectivity index (χ2v) is 6.83. The third-order valence-electron chi connectivity index (χ3n) is 4.01. The summed E-state index contributed by atoms with van der Waals surface area (Å²) in [5.41, 5.74) is 1.91. The van der Waals surface area contributed by atoms with E-state index in [1.165, 1.54) is 42.2 Å². The number of nitro benzene ring substituents is 1. The third kappa shape index (κ3) is 3.49. The van der Waals surface area contributed by atoms with Crippen molar-refractivity contribution in [1.82, 2.24) is 19.6 Å². The minimum atomic E-state index is -0.458. The molecule has 10 heteroatoms. The minimum absolute atomic E-state index is 0.00407. The lowest BCUT2D eigenvalue weighted by atomic mass is 10.1. The second-order valence-electron chi connectivity index (χ2n) is 5.86. The number of hydrogen-bond donors (Lipinski definition) is 1. The van der Waals surface area contributed by atoms with Crippen LogP contribution in [0.25, 0.3) is 16.8 Å². The van der Waals surface area contributed by atoms with Crippen molar-refractivity contribution in [2.75, 3.05) is 0 Å². The summed E-state index contributed by atoms with van der Waals surface area (Å²) in [5.74, 6) is 0.0279. The molecule has 4 aromatic rings. The largest absolute Gasteiger partial charge is 0.350 e. The van der Waals surface area contributed by atoms with Gasteiger partial charge in [0.1, 0.15) is 5.82 Å². The molecule has 1 N–H and O–H groups in total. The van der Waals surface area contributed by atoms with Crippen molar-refractivity contribution in [3.63, 3.8) is 0 Å². The van der Waals surface area contributed by atoms with Crippen molar-refractivity contribution in [2.24, 2.45) is 0 Å². The zero-order valence-corrected chi connectivity index (χ0v) is 15.0. The molecule has 2 aromatic heterocycles. The monoisotopic (exact) mass is 397 g/mol. The molecule has 8 nitrogen and oxygen atoms in total. The Morgan fingerprint density at radius 2 is 2.00 bits per heavy atom. The summed E-state index contributed by atoms with van der Waals surface area (Å²) in [6.07, 6.45) is 1.50. The van der Waals surface area contributed by atoms with Gasteiger partial charge in [-0.05, 0) is 23.3 Å². The molecule has 28 heavy (non-hydrogen) atoms. The topological polar surface area (TPSA) is 106 Å². The molecule has 2 heterocycles. The number of aromatic nitrogens is 4. The van der Waals surface area contributed by atoms with Crippen LogP contribution in [0.5, 0.6) is 0 Å². The van der Waals surface area contributed by atoms with Crippen LogP contribution >= 0.6 is 11.8 Å². The van der Waals surface area contributed by atoms with E-state index in [0.29, 0.717) is 27.7 Å². The fourth-order valence-corrected chi connectivity index (χ4v) is 3.47. The van der Waals surface area contributed by atoms with Crippen molar-refractivity contribution in [3.8, 4) is 11.1 Å². The van der Waals surface area contributed by atoms with Crippen LogP contribution < -0.4 is 5.69 Å². The van der Waals surface area contributed by atoms with Crippen molar-refractivity contribution in [3.05, 3.63) is 86.7 Å². The number of thioether (sulfide) groups is 1. The van der Waals surface area contributed by atoms with Crippen LogP contribution in [0.2, 0.25) is 0 Å². The molecular weight excluding hydrogens is 385 g/mol. The molecule has 0 atom stereocenters. The first-order chi connectivity index (χ1) is 13.5. The molecular formula is C18H12FN5O3S. The SMILES string of the molecule is O=c1[nH]c(SCc2cccc([N+](=O)[O-])c2)nc2c(-c3ccc(F)cc3)cnn12. The van der Waals surface area contributed by atoms with Gasteiger partial charge >= 0.3 is 5.69 Å². The van der Waals surface area contributed by atoms with Crippen LogP contribution in [0.4, 0.5) is 10.1 Å². The number of nitro groups is 1. The van der Waals surface area contributed by atoms with E-state index < -0.39 is 10.6 Å². The zero-order chi connectivity index (χ0) is 19.7. The number of halogens is 1. The molecule has 0 unspecified atom stereocenters. The third-order valence-corrected chi connectivity index (χ3v) is 4.95. The van der Waals surface area contributed by atoms with Gasteiger partial charge in [0, 0.05) is 23.4 Å². The Morgan fingerprint density at radius 1 is 1.21 bits per heavy atom. The molecule has 0 radical (unpaired) electrons. The highest BCUT2D eigenvalue weighted by Crippen LogP contribution is 2.25. The summed E-state index contributed by atoms with van der Waals surface area (Å²) in [4.78, 5) is 29.8. The zero-order valence-electron chi connectivity index (χ0n) is 14.2. The summed E-state index contributed by atoms with van der Waals surface area (Å²) in [5, 5.41) is 15.3. The fourth-order valence-electron chi connectivity index (χ4n) is 2.68. The van der Waals surface area contributed by atoms with Gasteiger partial charge < -0.3 is 0 Å². The average Bonchev–Trinajstić information content (AvgIpc) is 3.12. The van der Waals surface area contributed by atoms with Crippen molar-refractivity contribution >= 4 is 23.1 Å². The van der Waals surface area contributed by atoms with E-state index in [1.807, 2.05) is 0 Å². The lowest BCUT2D eigenvalue weighted by Crippen LogP contribution is -2.19. The number of nitrogens with one attached hydrogen (secondary N) is 1. The molecule has 0 saturated heterocycles. The van der Waals surface area contributed by atoms with Crippen LogP contribution in [0.15, 0.2) is 64.7 Å². The Balaban J connectivity index is 1.66. The molecule has 4 rings (SSSR count). The molecule has 0 aliphatic rings. The highest BCUT2D eigenvalue weighted by Gasteiger charge is 2.13. The number of non-ortho nitro benzene ring substituents is 1. The normalized spacial score (nSPS) is 11.0. The van der Waals surface area contributed by atoms with E-state index in [9.17, 15) is 19.3 Å². The molecule has 140 valence electrons. The highest BCUT2D eigenvalue weighted by molar-refractivity contribution is 7.98. The number of nitrogens with zero attached hydrogens (tertiary/aromatic N) is 4. The number of hydrogen-bond acceptors (Lipinski definition) is 6. The predicted molar refractivity (Wildman–Crippen MR) is 102 cm³/mol. The van der Waals surface area contributed by atoms with Gasteiger partial charge in [-0.2, -0.15) is 9.61 Å². The first kappa shape index (κ1) is 17.9. The first-order valence-electron chi connectivity index (χ1n) is 8.11. The summed E-state index contributed by atoms with van der Waals surface area (Å²) < 4.78 is 14.3. The van der Waals surface area contributed by atoms with Crippen LogP contribution in [0.3, 0.4) is 0 Å². The van der Waals surface area contributed by atoms with Crippen molar-refractivity contribution in [2.45, 2.75) is 10.9 Å². The van der Waals surface area contributed by atoms with E-state index >= 15 is 0 Å². The molecule has 0 spiro atoms. The number of benzene rings is 2. The smallest absolute Gasteiger partial charge is 0.285 e. The van der Waals surface area contributed by atoms with Gasteiger partial charge in [-0.3, -0.25) is 15.1 Å². The Kier molecular flexibility index (Phi) is 4.62. The number of fused-ring (bicyclic) bond motifs is 1. The first-order valence-corrected chi connectivity index (χ1v) is 9.10. The maximum absolute atomic E-state index is 13.2. The number of H-pyrrole nitrogens is 1. The molecule has 0 aliphatic carbocycles. The molecule has 2 aromatic carbocycles. The lowest BCUT2D eigenvalue weighted by Gasteiger charge is -2.03. The Labute approximate surface area is 161 Å². The average molecular weight is 397 g/mol. The number of aromatic amines is 1. The van der Waals surface area contributed by atoms with Crippen molar-refractivity contribution < 1.29 is 9.31 Å². The van der Waals surface area contributed by atoms with Gasteiger partial charge in [-0.1, -0.05) is 36.0 Å². The molecule has 0 saturated carbocycles. The van der Waals surface area contributed by atoms with Gasteiger partial charge in [-0.15, -0.1) is 0 Å². The van der Waals surface area contributed by atoms with Crippen LogP contribution in [0, 0.1) is 15.9 Å². The summed E-state index contributed by atoms with van der Waals surface area (Å²) in [6.45, 7) is 0. The van der Waals surface area contributed by atoms with Crippen LogP contribution in [-0.4, -0.2) is 24.5 Å². The van der Waals surface area contributed by atoms with Crippen LogP contribution in [-0.2, 0) is 5.75 Å². The Morgan fingerprint density at radius 3 is 2.75 bits per heavy atom. The maximum atomic E-state index is 13.2. The van der Waals surface area contributed by atoms with Gasteiger partial charge in [0.05, 0.1) is 11.1 Å². The standard InChI is InChI=1S/C18H12FN5O3S/c19-13-6-4-12(5-7-13)15-9-20-23-16(15)21-17(22-18(23)25)28-10-11-2-1-3-14(8-11)24(26)27/h1-9H,10H2,(H,21,22,25). The quantitative estimate of drug-likeness (QED) is 0.314. The maximum Gasteiger partial charge on any atom is 0.350 e. The Hall–Kier alpha value is -3.53. The predicted octanol–water partition coefficient (Wildman–Crippen LogP) is 3.42. The summed E-state index contributed by atoms with van der Waals surface area (Å²) in [6, 6.07) is 12.1. The summed E-state index contributed by atoms with van der Waals surface area (Å²) in [7, 11) is 0. The molecule has 0 amide bonds. The van der Waals surface area contributed by atoms with Crippen LogP contribution in [0.1, 0.15) is 5.56 Å². The summed E-state index contributed by atoms with van der Waals surface area (Å²) >= 11 is 1.24. The van der Waals surface area contributed by atoms with E-state index in [2.05, 4.69) is 15.1 Å². The van der Waals surface area contributed by atoms with Gasteiger partial charge in [0.25, 0.3) is 5.69 Å². The van der Waals surface area contributed by atoms with E-state index in [-0.39, 0.29) is 11.5 Å². The Bertz CT molecular complexity index is 1240. The molecule has 0 aliphatic heterocycles. The van der Waals surface area contributed by atoms with E-state index in [1.54, 1.807) is 24.3 Å². The number of rotatable bonds is 5. The lowest BCUT2D eigenvalue weighted by molar-refractivity contribution is -0.384. The van der Waals surface area contributed by atoms with E-state index in [4.69, 9.17) is 0 Å². The van der Waals surface area contributed by atoms with E-state index in [0.717, 1.165) is 10.1 Å². The molecule has 0 fully saturated rings. The van der Waals surface area contributed by atoms with Gasteiger partial charge in [0.15, 0.2) is 10.8 Å². The second kappa shape index (κ2) is 7.24. The van der Waals surface area contributed by atoms with Gasteiger partial charge in [-0.25, -0.2) is 14.2 Å². The minimum Gasteiger partial charge on any atom is -0.285 e. The van der Waals surface area contributed by atoms with Crippen molar-refractivity contribution in [1.29, 1.82) is 0 Å². The van der Waals surface area contributed by atoms with Gasteiger partial charge in [0.2, 0.25) is 0 Å². The molecule has 0 bridgehead atoms.